The van der Waals surface area contributed by atoms with Crippen molar-refractivity contribution in [2.75, 3.05) is 20.2 Å². The lowest BCUT2D eigenvalue weighted by molar-refractivity contribution is -0.122. The van der Waals surface area contributed by atoms with E-state index in [1.165, 1.54) is 12.1 Å². The van der Waals surface area contributed by atoms with Gasteiger partial charge in [0.15, 0.2) is 0 Å². The predicted molar refractivity (Wildman–Crippen MR) is 101 cm³/mol. The lowest BCUT2D eigenvalue weighted by atomic mass is 10.1. The summed E-state index contributed by atoms with van der Waals surface area (Å²) >= 11 is 0. The van der Waals surface area contributed by atoms with Gasteiger partial charge in [-0.05, 0) is 42.3 Å². The van der Waals surface area contributed by atoms with Crippen molar-refractivity contribution in [3.8, 4) is 0 Å². The summed E-state index contributed by atoms with van der Waals surface area (Å²) in [7, 11) is 1.84. The molecule has 0 spiro atoms. The minimum absolute atomic E-state index is 0.0619. The number of hydrogen-bond donors (Lipinski definition) is 1. The second-order valence-corrected chi connectivity index (χ2v) is 6.40. The first kappa shape index (κ1) is 20.1. The first-order chi connectivity index (χ1) is 12.6. The van der Waals surface area contributed by atoms with Crippen molar-refractivity contribution in [2.24, 2.45) is 0 Å². The molecule has 0 aliphatic rings. The average Bonchev–Trinajstić information content (AvgIpc) is 2.61. The van der Waals surface area contributed by atoms with Crippen LogP contribution >= 0.6 is 0 Å². The van der Waals surface area contributed by atoms with Gasteiger partial charge in [0.25, 0.3) is 0 Å². The number of ether oxygens (including phenoxy) is 1. The van der Waals surface area contributed by atoms with Gasteiger partial charge in [-0.25, -0.2) is 4.39 Å². The SMILES string of the molecule is CCCOCc1ccccc1CNC(=O)CN(C)Cc1cccc(F)c1. The molecule has 0 heterocycles. The van der Waals surface area contributed by atoms with Crippen molar-refractivity contribution in [1.82, 2.24) is 10.2 Å². The number of carbonyl (C=O) groups excluding carboxylic acids is 1. The molecule has 4 nitrogen and oxygen atoms in total. The van der Waals surface area contributed by atoms with E-state index in [-0.39, 0.29) is 18.3 Å². The first-order valence-electron chi connectivity index (χ1n) is 8.92. The van der Waals surface area contributed by atoms with Crippen LogP contribution in [0.2, 0.25) is 0 Å². The molecule has 0 fully saturated rings. The maximum atomic E-state index is 13.2. The molecule has 0 radical (unpaired) electrons. The highest BCUT2D eigenvalue weighted by Crippen LogP contribution is 2.10. The van der Waals surface area contributed by atoms with Gasteiger partial charge in [-0.2, -0.15) is 0 Å². The number of nitrogens with one attached hydrogen (secondary N) is 1. The maximum Gasteiger partial charge on any atom is 0.234 e. The van der Waals surface area contributed by atoms with Gasteiger partial charge < -0.3 is 10.1 Å². The molecule has 2 rings (SSSR count). The van der Waals surface area contributed by atoms with Gasteiger partial charge in [-0.1, -0.05) is 43.3 Å². The summed E-state index contributed by atoms with van der Waals surface area (Å²) in [6.07, 6.45) is 0.983. The summed E-state index contributed by atoms with van der Waals surface area (Å²) in [5.74, 6) is -0.324. The van der Waals surface area contributed by atoms with Gasteiger partial charge in [0.05, 0.1) is 13.2 Å². The highest BCUT2D eigenvalue weighted by atomic mass is 19.1. The van der Waals surface area contributed by atoms with Crippen LogP contribution in [-0.2, 0) is 29.2 Å². The molecule has 140 valence electrons. The molecule has 0 aliphatic heterocycles. The summed E-state index contributed by atoms with van der Waals surface area (Å²) in [6.45, 7) is 4.60. The molecule has 0 aromatic heterocycles. The summed E-state index contributed by atoms with van der Waals surface area (Å²) in [5, 5.41) is 2.95. The summed E-state index contributed by atoms with van der Waals surface area (Å²) in [6, 6.07) is 14.4. The summed E-state index contributed by atoms with van der Waals surface area (Å²) in [4.78, 5) is 14.1. The third-order valence-corrected chi connectivity index (χ3v) is 3.96. The summed E-state index contributed by atoms with van der Waals surface area (Å²) in [5.41, 5.74) is 3.00. The van der Waals surface area contributed by atoms with E-state index in [1.54, 1.807) is 6.07 Å². The quantitative estimate of drug-likeness (QED) is 0.661. The number of halogens is 1. The molecule has 0 unspecified atom stereocenters. The van der Waals surface area contributed by atoms with Gasteiger partial charge in [-0.3, -0.25) is 9.69 Å². The topological polar surface area (TPSA) is 41.6 Å². The van der Waals surface area contributed by atoms with E-state index in [4.69, 9.17) is 4.74 Å². The van der Waals surface area contributed by atoms with E-state index >= 15 is 0 Å². The third-order valence-electron chi connectivity index (χ3n) is 3.96. The molecule has 0 bridgehead atoms. The minimum Gasteiger partial charge on any atom is -0.377 e. The van der Waals surface area contributed by atoms with E-state index in [0.717, 1.165) is 29.7 Å². The highest BCUT2D eigenvalue weighted by Gasteiger charge is 2.09. The van der Waals surface area contributed by atoms with Crippen molar-refractivity contribution in [1.29, 1.82) is 0 Å². The van der Waals surface area contributed by atoms with Crippen molar-refractivity contribution in [3.63, 3.8) is 0 Å². The molecule has 2 aromatic rings. The number of amides is 1. The Morgan fingerprint density at radius 3 is 2.65 bits per heavy atom. The second-order valence-electron chi connectivity index (χ2n) is 6.40. The van der Waals surface area contributed by atoms with Crippen LogP contribution in [0, 0.1) is 5.82 Å². The average molecular weight is 358 g/mol. The number of rotatable bonds is 10. The van der Waals surface area contributed by atoms with Gasteiger partial charge in [0, 0.05) is 19.7 Å². The Morgan fingerprint density at radius 2 is 1.92 bits per heavy atom. The largest absolute Gasteiger partial charge is 0.377 e. The predicted octanol–water partition coefficient (Wildman–Crippen LogP) is 3.50. The number of likely N-dealkylation sites (N-methyl/N-ethyl adjacent to an activating group) is 1. The van der Waals surface area contributed by atoms with Gasteiger partial charge >= 0.3 is 0 Å². The zero-order valence-electron chi connectivity index (χ0n) is 15.5. The van der Waals surface area contributed by atoms with Crippen LogP contribution in [0.1, 0.15) is 30.0 Å². The third kappa shape index (κ3) is 6.94. The molecule has 0 saturated heterocycles. The minimum atomic E-state index is -0.262. The number of hydrogen-bond acceptors (Lipinski definition) is 3. The fraction of sp³-hybridized carbons (Fsp3) is 0.381. The van der Waals surface area contributed by atoms with E-state index in [0.29, 0.717) is 19.7 Å². The zero-order chi connectivity index (χ0) is 18.8. The molecule has 1 amide bonds. The fourth-order valence-electron chi connectivity index (χ4n) is 2.69. The lowest BCUT2D eigenvalue weighted by Gasteiger charge is -2.17. The van der Waals surface area contributed by atoms with Crippen LogP contribution in [0.5, 0.6) is 0 Å². The first-order valence-corrected chi connectivity index (χ1v) is 8.92. The molecule has 0 atom stereocenters. The Labute approximate surface area is 155 Å². The Bertz CT molecular complexity index is 706. The highest BCUT2D eigenvalue weighted by molar-refractivity contribution is 5.78. The van der Waals surface area contributed by atoms with Gasteiger partial charge in [0.2, 0.25) is 5.91 Å². The van der Waals surface area contributed by atoms with Crippen LogP contribution in [0.15, 0.2) is 48.5 Å². The van der Waals surface area contributed by atoms with Crippen molar-refractivity contribution >= 4 is 5.91 Å². The second kappa shape index (κ2) is 10.7. The molecular weight excluding hydrogens is 331 g/mol. The van der Waals surface area contributed by atoms with E-state index in [1.807, 2.05) is 42.3 Å². The van der Waals surface area contributed by atoms with Crippen molar-refractivity contribution < 1.29 is 13.9 Å². The van der Waals surface area contributed by atoms with Crippen LogP contribution in [-0.4, -0.2) is 31.0 Å². The van der Waals surface area contributed by atoms with Crippen LogP contribution in [0.4, 0.5) is 4.39 Å². The molecule has 0 saturated carbocycles. The zero-order valence-corrected chi connectivity index (χ0v) is 15.5. The Balaban J connectivity index is 1.81. The fourth-order valence-corrected chi connectivity index (χ4v) is 2.69. The molecule has 26 heavy (non-hydrogen) atoms. The van der Waals surface area contributed by atoms with Crippen LogP contribution in [0.3, 0.4) is 0 Å². The number of nitrogens with zero attached hydrogens (tertiary/aromatic N) is 1. The van der Waals surface area contributed by atoms with Gasteiger partial charge in [0.1, 0.15) is 5.82 Å². The Hall–Kier alpha value is -2.24. The van der Waals surface area contributed by atoms with Gasteiger partial charge in [-0.15, -0.1) is 0 Å². The monoisotopic (exact) mass is 358 g/mol. The van der Waals surface area contributed by atoms with Crippen LogP contribution in [0.25, 0.3) is 0 Å². The van der Waals surface area contributed by atoms with E-state index < -0.39 is 0 Å². The molecule has 1 N–H and O–H groups in total. The number of carbonyl (C=O) groups is 1. The van der Waals surface area contributed by atoms with E-state index in [2.05, 4.69) is 12.2 Å². The van der Waals surface area contributed by atoms with E-state index in [9.17, 15) is 9.18 Å². The smallest absolute Gasteiger partial charge is 0.234 e. The van der Waals surface area contributed by atoms with Crippen molar-refractivity contribution in [3.05, 3.63) is 71.0 Å². The molecule has 5 heteroatoms. The Morgan fingerprint density at radius 1 is 1.15 bits per heavy atom. The normalized spacial score (nSPS) is 10.9. The lowest BCUT2D eigenvalue weighted by Crippen LogP contribution is -2.34. The molecule has 2 aromatic carbocycles. The summed E-state index contributed by atoms with van der Waals surface area (Å²) < 4.78 is 18.8. The van der Waals surface area contributed by atoms with Crippen LogP contribution < -0.4 is 5.32 Å². The van der Waals surface area contributed by atoms with Crippen molar-refractivity contribution in [2.45, 2.75) is 33.0 Å². The Kier molecular flexibility index (Phi) is 8.25. The standard InChI is InChI=1S/C21H27FN2O2/c1-3-11-26-16-19-9-5-4-8-18(19)13-23-21(25)15-24(2)14-17-7-6-10-20(22)12-17/h4-10,12H,3,11,13-16H2,1-2H3,(H,23,25). The maximum absolute atomic E-state index is 13.2. The number of benzene rings is 2. The molecular formula is C21H27FN2O2. The molecule has 0 aliphatic carbocycles.